The summed E-state index contributed by atoms with van der Waals surface area (Å²) in [6.45, 7) is 7.21. The Morgan fingerprint density at radius 1 is 0.287 bits per heavy atom. The predicted octanol–water partition coefficient (Wildman–Crippen LogP) is 22.1. The Labute approximate surface area is 575 Å². The van der Waals surface area contributed by atoms with Crippen molar-refractivity contribution in [3.8, 4) is 0 Å². The summed E-state index contributed by atoms with van der Waals surface area (Å²) in [5, 5.41) is 10.6. The lowest BCUT2D eigenvalue weighted by Gasteiger charge is -2.21. The Bertz CT molecular complexity index is 1810. The Morgan fingerprint density at radius 3 is 0.723 bits per heavy atom. The number of hydrogen-bond acceptors (Lipinski definition) is 15. The smallest absolute Gasteiger partial charge is 0.462 e. The maximum absolute atomic E-state index is 13.1. The van der Waals surface area contributed by atoms with Gasteiger partial charge in [-0.3, -0.25) is 37.3 Å². The first-order chi connectivity index (χ1) is 45.5. The standard InChI is InChI=1S/C75H146O17P2/c1-6-9-12-15-17-19-21-23-24-25-26-27-28-29-30-33-38-42-46-51-56-61-75(80)92-71(65-86-73(78)59-54-49-44-40-37-34-31-32-35-39-43-48-52-57-68(4)5)67-90-94(83,84)88-63-69(76)62-87-93(81,82)89-66-70(64-85-72(77)58-53-47-14-11-8-3)91-74(79)60-55-50-45-41-36-22-20-18-16-13-10-7-2/h68-71,76H,6-67H2,1-5H3,(H,81,82)(H,83,84)/t69-,70+,71+/m0/s1. The van der Waals surface area contributed by atoms with E-state index in [2.05, 4.69) is 34.6 Å². The molecule has 0 saturated carbocycles. The molecular weight excluding hydrogens is 1230 g/mol. The van der Waals surface area contributed by atoms with Gasteiger partial charge in [0, 0.05) is 25.7 Å². The molecule has 0 aromatic carbocycles. The summed E-state index contributed by atoms with van der Waals surface area (Å²) in [6, 6.07) is 0. The summed E-state index contributed by atoms with van der Waals surface area (Å²) in [4.78, 5) is 72.4. The molecule has 0 amide bonds. The number of aliphatic hydroxyl groups excluding tert-OH is 1. The number of unbranched alkanes of at least 4 members (excludes halogenated alkanes) is 47. The van der Waals surface area contributed by atoms with Crippen LogP contribution in [0.25, 0.3) is 0 Å². The molecule has 0 aliphatic carbocycles. The van der Waals surface area contributed by atoms with E-state index in [0.717, 1.165) is 102 Å². The molecule has 0 radical (unpaired) electrons. The third-order valence-electron chi connectivity index (χ3n) is 17.5. The summed E-state index contributed by atoms with van der Waals surface area (Å²) >= 11 is 0. The van der Waals surface area contributed by atoms with Gasteiger partial charge in [-0.15, -0.1) is 0 Å². The van der Waals surface area contributed by atoms with Crippen LogP contribution in [0.15, 0.2) is 0 Å². The highest BCUT2D eigenvalue weighted by Gasteiger charge is 2.30. The van der Waals surface area contributed by atoms with Crippen molar-refractivity contribution in [2.45, 2.75) is 412 Å². The molecule has 0 bridgehead atoms. The van der Waals surface area contributed by atoms with Crippen molar-refractivity contribution in [1.29, 1.82) is 0 Å². The minimum Gasteiger partial charge on any atom is -0.462 e. The quantitative estimate of drug-likeness (QED) is 0.0222. The van der Waals surface area contributed by atoms with Gasteiger partial charge >= 0.3 is 39.5 Å². The first-order valence-electron chi connectivity index (χ1n) is 39.1. The zero-order valence-electron chi connectivity index (χ0n) is 61.1. The third kappa shape index (κ3) is 68.6. The number of esters is 4. The van der Waals surface area contributed by atoms with Gasteiger partial charge in [-0.1, -0.05) is 343 Å². The lowest BCUT2D eigenvalue weighted by Crippen LogP contribution is -2.30. The molecule has 0 fully saturated rings. The number of hydrogen-bond donors (Lipinski definition) is 3. The first-order valence-corrected chi connectivity index (χ1v) is 42.1. The van der Waals surface area contributed by atoms with Crippen LogP contribution in [0.2, 0.25) is 0 Å². The van der Waals surface area contributed by atoms with Crippen molar-refractivity contribution in [3.63, 3.8) is 0 Å². The topological polar surface area (TPSA) is 237 Å². The lowest BCUT2D eigenvalue weighted by atomic mass is 10.0. The van der Waals surface area contributed by atoms with Crippen LogP contribution < -0.4 is 0 Å². The molecule has 5 atom stereocenters. The molecule has 2 unspecified atom stereocenters. The molecule has 0 spiro atoms. The lowest BCUT2D eigenvalue weighted by molar-refractivity contribution is -0.161. The largest absolute Gasteiger partial charge is 0.472 e. The molecule has 0 rings (SSSR count). The summed E-state index contributed by atoms with van der Waals surface area (Å²) in [7, 11) is -9.90. The highest BCUT2D eigenvalue weighted by molar-refractivity contribution is 7.47. The number of phosphoric ester groups is 2. The first kappa shape index (κ1) is 92.1. The van der Waals surface area contributed by atoms with E-state index in [9.17, 15) is 43.2 Å². The van der Waals surface area contributed by atoms with E-state index in [1.54, 1.807) is 0 Å². The van der Waals surface area contributed by atoms with Gasteiger partial charge in [0.1, 0.15) is 19.3 Å². The number of aliphatic hydroxyl groups is 1. The van der Waals surface area contributed by atoms with Crippen LogP contribution >= 0.6 is 15.6 Å². The van der Waals surface area contributed by atoms with Gasteiger partial charge in [0.15, 0.2) is 12.2 Å². The number of carbonyl (C=O) groups is 4. The van der Waals surface area contributed by atoms with E-state index in [1.807, 2.05) is 0 Å². The number of phosphoric acid groups is 2. The Hall–Kier alpha value is -1.94. The van der Waals surface area contributed by atoms with Crippen LogP contribution in [0.4, 0.5) is 0 Å². The van der Waals surface area contributed by atoms with Gasteiger partial charge in [0.25, 0.3) is 0 Å². The van der Waals surface area contributed by atoms with E-state index >= 15 is 0 Å². The highest BCUT2D eigenvalue weighted by atomic mass is 31.2. The zero-order valence-corrected chi connectivity index (χ0v) is 62.9. The van der Waals surface area contributed by atoms with E-state index in [1.165, 1.54) is 212 Å². The molecule has 0 saturated heterocycles. The average molecular weight is 1380 g/mol. The number of rotatable bonds is 75. The van der Waals surface area contributed by atoms with Crippen LogP contribution in [0, 0.1) is 5.92 Å². The monoisotopic (exact) mass is 1380 g/mol. The van der Waals surface area contributed by atoms with Crippen LogP contribution in [0.3, 0.4) is 0 Å². The zero-order chi connectivity index (χ0) is 69.1. The Morgan fingerprint density at radius 2 is 0.489 bits per heavy atom. The van der Waals surface area contributed by atoms with Gasteiger partial charge < -0.3 is 33.8 Å². The summed E-state index contributed by atoms with van der Waals surface area (Å²) in [5.41, 5.74) is 0. The van der Waals surface area contributed by atoms with Gasteiger partial charge in [-0.2, -0.15) is 0 Å². The van der Waals surface area contributed by atoms with Gasteiger partial charge in [0.2, 0.25) is 0 Å². The Kier molecular flexibility index (Phi) is 66.8. The molecule has 94 heavy (non-hydrogen) atoms. The molecular formula is C75H146O17P2. The molecule has 0 heterocycles. The van der Waals surface area contributed by atoms with Crippen LogP contribution in [-0.4, -0.2) is 96.7 Å². The van der Waals surface area contributed by atoms with Gasteiger partial charge in [0.05, 0.1) is 26.4 Å². The van der Waals surface area contributed by atoms with E-state index in [4.69, 9.17) is 37.0 Å². The number of carbonyl (C=O) groups excluding carboxylic acids is 4. The average Bonchev–Trinajstić information content (AvgIpc) is 1.91. The predicted molar refractivity (Wildman–Crippen MR) is 382 cm³/mol. The molecule has 0 aliphatic rings. The van der Waals surface area contributed by atoms with Crippen LogP contribution in [0.5, 0.6) is 0 Å². The molecule has 0 aliphatic heterocycles. The third-order valence-corrected chi connectivity index (χ3v) is 19.4. The summed E-state index contributed by atoms with van der Waals surface area (Å²) in [6.07, 6.45) is 57.4. The normalized spacial score (nSPS) is 14.0. The number of ether oxygens (including phenoxy) is 4. The van der Waals surface area contributed by atoms with E-state index in [-0.39, 0.29) is 25.7 Å². The van der Waals surface area contributed by atoms with Crippen molar-refractivity contribution in [2.75, 3.05) is 39.6 Å². The second kappa shape index (κ2) is 68.2. The molecule has 19 heteroatoms. The fourth-order valence-electron chi connectivity index (χ4n) is 11.5. The molecule has 3 N–H and O–H groups in total. The van der Waals surface area contributed by atoms with E-state index in [0.29, 0.717) is 25.7 Å². The minimum atomic E-state index is -4.95. The maximum Gasteiger partial charge on any atom is 0.472 e. The van der Waals surface area contributed by atoms with E-state index < -0.39 is 97.5 Å². The minimum absolute atomic E-state index is 0.107. The molecule has 558 valence electrons. The van der Waals surface area contributed by atoms with Crippen molar-refractivity contribution in [2.24, 2.45) is 5.92 Å². The highest BCUT2D eigenvalue weighted by Crippen LogP contribution is 2.45. The summed E-state index contributed by atoms with van der Waals surface area (Å²) in [5.74, 6) is -1.34. The van der Waals surface area contributed by atoms with Crippen molar-refractivity contribution in [3.05, 3.63) is 0 Å². The Balaban J connectivity index is 5.12. The van der Waals surface area contributed by atoms with Gasteiger partial charge in [-0.05, 0) is 31.6 Å². The van der Waals surface area contributed by atoms with Crippen molar-refractivity contribution in [1.82, 2.24) is 0 Å². The molecule has 17 nitrogen and oxygen atoms in total. The second-order valence-electron chi connectivity index (χ2n) is 27.5. The molecule has 0 aromatic rings. The maximum atomic E-state index is 13.1. The van der Waals surface area contributed by atoms with Crippen LogP contribution in [-0.2, 0) is 65.4 Å². The SMILES string of the molecule is CCCCCCCCCCCCCCCCCCCCCCCC(=O)O[C@H](COC(=O)CCCCCCCCCCCCCCCC(C)C)COP(=O)(O)OC[C@@H](O)COP(=O)(O)OC[C@@H](COC(=O)CCCCCCC)OC(=O)CCCCCCCCCCCCCC. The second-order valence-corrected chi connectivity index (χ2v) is 30.4. The molecule has 0 aromatic heterocycles. The summed E-state index contributed by atoms with van der Waals surface area (Å²) < 4.78 is 68.2. The van der Waals surface area contributed by atoms with Gasteiger partial charge in [-0.25, -0.2) is 9.13 Å². The van der Waals surface area contributed by atoms with Crippen molar-refractivity contribution < 1.29 is 80.2 Å². The van der Waals surface area contributed by atoms with Crippen molar-refractivity contribution >= 4 is 39.5 Å². The fraction of sp³-hybridized carbons (Fsp3) is 0.947. The fourth-order valence-corrected chi connectivity index (χ4v) is 13.1. The van der Waals surface area contributed by atoms with Crippen LogP contribution in [0.1, 0.15) is 394 Å².